The molecule has 27 heavy (non-hydrogen) atoms. The Hall–Kier alpha value is -2.34. The van der Waals surface area contributed by atoms with Crippen LogP contribution >= 0.6 is 11.8 Å². The van der Waals surface area contributed by atoms with Crippen LogP contribution in [-0.4, -0.2) is 14.8 Å². The van der Waals surface area contributed by atoms with Gasteiger partial charge in [-0.3, -0.25) is 0 Å². The Morgan fingerprint density at radius 2 is 1.67 bits per heavy atom. The summed E-state index contributed by atoms with van der Waals surface area (Å²) in [6.45, 7) is 6.94. The fourth-order valence-electron chi connectivity index (χ4n) is 2.79. The molecule has 0 aliphatic heterocycles. The van der Waals surface area contributed by atoms with Crippen molar-refractivity contribution in [2.75, 3.05) is 0 Å². The molecule has 0 spiro atoms. The maximum Gasteiger partial charge on any atom is 0.191 e. The van der Waals surface area contributed by atoms with Gasteiger partial charge in [0.25, 0.3) is 0 Å². The molecule has 142 valence electrons. The highest BCUT2D eigenvalue weighted by atomic mass is 32.2. The van der Waals surface area contributed by atoms with Gasteiger partial charge in [-0.05, 0) is 55.7 Å². The molecular weight excluding hydrogens is 361 g/mol. The fraction of sp³-hybridized carbons (Fsp3) is 0.333. The van der Waals surface area contributed by atoms with Crippen LogP contribution in [0.5, 0.6) is 5.75 Å². The normalized spacial score (nSPS) is 12.1. The maximum absolute atomic E-state index is 13.0. The molecule has 0 radical (unpaired) electrons. The molecule has 3 aromatic rings. The maximum atomic E-state index is 13.0. The SMILES string of the molecule is CCc1ccc(O[C@@H](C)c2nnc(SCc3ccc(F)cc3)n2CC)cc1. The van der Waals surface area contributed by atoms with Gasteiger partial charge in [0.05, 0.1) is 0 Å². The number of aromatic nitrogens is 3. The fourth-order valence-corrected chi connectivity index (χ4v) is 3.76. The lowest BCUT2D eigenvalue weighted by molar-refractivity contribution is 0.210. The third kappa shape index (κ3) is 4.89. The first-order valence-electron chi connectivity index (χ1n) is 9.16. The molecule has 1 heterocycles. The van der Waals surface area contributed by atoms with Crippen molar-refractivity contribution >= 4 is 11.8 Å². The van der Waals surface area contributed by atoms with E-state index in [4.69, 9.17) is 4.74 Å². The second kappa shape index (κ2) is 9.04. The van der Waals surface area contributed by atoms with Gasteiger partial charge in [0.15, 0.2) is 17.1 Å². The monoisotopic (exact) mass is 385 g/mol. The number of ether oxygens (including phenoxy) is 1. The minimum Gasteiger partial charge on any atom is -0.483 e. The molecule has 0 saturated carbocycles. The highest BCUT2D eigenvalue weighted by Crippen LogP contribution is 2.26. The van der Waals surface area contributed by atoms with Crippen molar-refractivity contribution in [3.8, 4) is 5.75 Å². The van der Waals surface area contributed by atoms with Crippen LogP contribution in [0.15, 0.2) is 53.7 Å². The number of benzene rings is 2. The predicted octanol–water partition coefficient (Wildman–Crippen LogP) is 5.43. The van der Waals surface area contributed by atoms with E-state index in [1.807, 2.05) is 19.1 Å². The summed E-state index contributed by atoms with van der Waals surface area (Å²) in [5, 5.41) is 9.52. The summed E-state index contributed by atoms with van der Waals surface area (Å²) >= 11 is 1.59. The number of hydrogen-bond donors (Lipinski definition) is 0. The second-order valence-corrected chi connectivity index (χ2v) is 7.20. The van der Waals surface area contributed by atoms with Gasteiger partial charge in [-0.15, -0.1) is 10.2 Å². The molecule has 0 saturated heterocycles. The van der Waals surface area contributed by atoms with Gasteiger partial charge in [-0.1, -0.05) is 43.0 Å². The lowest BCUT2D eigenvalue weighted by Gasteiger charge is -2.16. The van der Waals surface area contributed by atoms with E-state index in [1.165, 1.54) is 17.7 Å². The lowest BCUT2D eigenvalue weighted by atomic mass is 10.2. The van der Waals surface area contributed by atoms with Crippen molar-refractivity contribution in [1.82, 2.24) is 14.8 Å². The first-order chi connectivity index (χ1) is 13.1. The van der Waals surface area contributed by atoms with Gasteiger partial charge >= 0.3 is 0 Å². The largest absolute Gasteiger partial charge is 0.483 e. The van der Waals surface area contributed by atoms with E-state index in [0.29, 0.717) is 5.75 Å². The van der Waals surface area contributed by atoms with E-state index >= 15 is 0 Å². The zero-order valence-electron chi connectivity index (χ0n) is 15.9. The number of nitrogens with zero attached hydrogens (tertiary/aromatic N) is 3. The summed E-state index contributed by atoms with van der Waals surface area (Å²) in [7, 11) is 0. The van der Waals surface area contributed by atoms with Crippen LogP contribution in [0.2, 0.25) is 0 Å². The Bertz CT molecular complexity index is 862. The van der Waals surface area contributed by atoms with Crippen LogP contribution in [0.3, 0.4) is 0 Å². The molecule has 1 atom stereocenters. The number of rotatable bonds is 8. The molecule has 0 N–H and O–H groups in total. The molecule has 0 amide bonds. The van der Waals surface area contributed by atoms with E-state index < -0.39 is 0 Å². The number of halogens is 1. The van der Waals surface area contributed by atoms with Crippen LogP contribution in [0.25, 0.3) is 0 Å². The molecular formula is C21H24FN3OS. The number of aryl methyl sites for hydroxylation is 1. The van der Waals surface area contributed by atoms with Crippen molar-refractivity contribution < 1.29 is 9.13 Å². The molecule has 4 nitrogen and oxygen atoms in total. The van der Waals surface area contributed by atoms with Gasteiger partial charge < -0.3 is 9.30 Å². The van der Waals surface area contributed by atoms with Crippen molar-refractivity contribution in [2.24, 2.45) is 0 Å². The molecule has 0 aliphatic carbocycles. The first-order valence-corrected chi connectivity index (χ1v) is 10.1. The Labute approximate surface area is 163 Å². The summed E-state index contributed by atoms with van der Waals surface area (Å²) in [6, 6.07) is 14.7. The Balaban J connectivity index is 1.69. The van der Waals surface area contributed by atoms with Crippen molar-refractivity contribution in [2.45, 2.75) is 50.8 Å². The third-order valence-corrected chi connectivity index (χ3v) is 5.39. The van der Waals surface area contributed by atoms with E-state index in [9.17, 15) is 4.39 Å². The molecule has 0 bridgehead atoms. The van der Waals surface area contributed by atoms with Crippen molar-refractivity contribution in [3.63, 3.8) is 0 Å². The van der Waals surface area contributed by atoms with Crippen LogP contribution < -0.4 is 4.74 Å². The average molecular weight is 386 g/mol. The lowest BCUT2D eigenvalue weighted by Crippen LogP contribution is -2.12. The zero-order chi connectivity index (χ0) is 19.2. The van der Waals surface area contributed by atoms with E-state index in [-0.39, 0.29) is 11.9 Å². The summed E-state index contributed by atoms with van der Waals surface area (Å²) < 4.78 is 21.2. The molecule has 0 aliphatic rings. The van der Waals surface area contributed by atoms with Crippen LogP contribution in [-0.2, 0) is 18.7 Å². The highest BCUT2D eigenvalue weighted by molar-refractivity contribution is 7.98. The zero-order valence-corrected chi connectivity index (χ0v) is 16.7. The van der Waals surface area contributed by atoms with Gasteiger partial charge in [-0.25, -0.2) is 4.39 Å². The Kier molecular flexibility index (Phi) is 6.50. The quantitative estimate of drug-likeness (QED) is 0.485. The molecule has 3 rings (SSSR count). The molecule has 1 aromatic heterocycles. The van der Waals surface area contributed by atoms with Gasteiger partial charge in [0.2, 0.25) is 0 Å². The summed E-state index contributed by atoms with van der Waals surface area (Å²) in [5.74, 6) is 2.12. The standard InChI is InChI=1S/C21H24FN3OS/c1-4-16-8-12-19(13-9-16)26-15(3)20-23-24-21(25(20)5-2)27-14-17-6-10-18(22)11-7-17/h6-13,15H,4-5,14H2,1-3H3/t15-/m0/s1. The van der Waals surface area contributed by atoms with Crippen molar-refractivity contribution in [1.29, 1.82) is 0 Å². The van der Waals surface area contributed by atoms with Gasteiger partial charge in [-0.2, -0.15) is 0 Å². The Morgan fingerprint density at radius 1 is 1.00 bits per heavy atom. The molecule has 0 unspecified atom stereocenters. The van der Waals surface area contributed by atoms with E-state index in [1.54, 1.807) is 23.9 Å². The van der Waals surface area contributed by atoms with E-state index in [0.717, 1.165) is 35.3 Å². The number of thioether (sulfide) groups is 1. The molecule has 2 aromatic carbocycles. The predicted molar refractivity (Wildman–Crippen MR) is 107 cm³/mol. The summed E-state index contributed by atoms with van der Waals surface area (Å²) in [6.07, 6.45) is 0.805. The Morgan fingerprint density at radius 3 is 2.30 bits per heavy atom. The highest BCUT2D eigenvalue weighted by Gasteiger charge is 2.18. The number of hydrogen-bond acceptors (Lipinski definition) is 4. The first kappa shape index (κ1) is 19.4. The van der Waals surface area contributed by atoms with Crippen LogP contribution in [0.1, 0.15) is 43.8 Å². The van der Waals surface area contributed by atoms with E-state index in [2.05, 4.69) is 40.7 Å². The topological polar surface area (TPSA) is 39.9 Å². The van der Waals surface area contributed by atoms with Crippen LogP contribution in [0, 0.1) is 5.82 Å². The second-order valence-electron chi connectivity index (χ2n) is 6.26. The van der Waals surface area contributed by atoms with Crippen LogP contribution in [0.4, 0.5) is 4.39 Å². The smallest absolute Gasteiger partial charge is 0.191 e. The summed E-state index contributed by atoms with van der Waals surface area (Å²) in [5.41, 5.74) is 2.33. The summed E-state index contributed by atoms with van der Waals surface area (Å²) in [4.78, 5) is 0. The minimum atomic E-state index is -0.222. The van der Waals surface area contributed by atoms with Gasteiger partial charge in [0.1, 0.15) is 11.6 Å². The average Bonchev–Trinajstić information content (AvgIpc) is 3.11. The minimum absolute atomic E-state index is 0.204. The molecule has 0 fully saturated rings. The van der Waals surface area contributed by atoms with Gasteiger partial charge in [0, 0.05) is 12.3 Å². The molecule has 6 heteroatoms. The third-order valence-electron chi connectivity index (χ3n) is 4.35. The van der Waals surface area contributed by atoms with Crippen molar-refractivity contribution in [3.05, 3.63) is 71.3 Å².